The fourth-order valence-electron chi connectivity index (χ4n) is 2.70. The Morgan fingerprint density at radius 3 is 2.71 bits per heavy atom. The van der Waals surface area contributed by atoms with Gasteiger partial charge in [-0.15, -0.1) is 0 Å². The smallest absolute Gasteiger partial charge is 0.382 e. The number of rotatable bonds is 6. The highest BCUT2D eigenvalue weighted by Gasteiger charge is 2.35. The maximum absolute atomic E-state index is 12.1. The third kappa shape index (κ3) is 4.18. The van der Waals surface area contributed by atoms with Crippen LogP contribution in [0.15, 0.2) is 24.5 Å². The van der Waals surface area contributed by atoms with Crippen molar-refractivity contribution in [3.05, 3.63) is 24.5 Å². The predicted octanol–water partition coefficient (Wildman–Crippen LogP) is 2.38. The number of aromatic amines is 1. The molecule has 0 spiro atoms. The number of nitrogens with one attached hydrogen (secondary N) is 3. The fourth-order valence-corrected chi connectivity index (χ4v) is 4.02. The molecule has 2 aromatic rings. The third-order valence-electron chi connectivity index (χ3n) is 3.96. The van der Waals surface area contributed by atoms with E-state index < -0.39 is 28.4 Å². The lowest BCUT2D eigenvalue weighted by molar-refractivity contribution is -0.130. The van der Waals surface area contributed by atoms with Crippen LogP contribution in [-0.4, -0.2) is 42.4 Å². The monoisotopic (exact) mass is 362 g/mol. The lowest BCUT2D eigenvalue weighted by Gasteiger charge is -2.36. The standard InChI is InChI=1S/C14H17F3N4O2S/c15-14(16,17)3-6-24(22,23)21-10-7-9(8-10)20-12-2-5-19-13-11(12)1-4-18-13/h1-2,4-5,9-10,21H,3,6-8H2,(H2,18,19,20). The van der Waals surface area contributed by atoms with Gasteiger partial charge < -0.3 is 10.3 Å². The Kier molecular flexibility index (Phi) is 4.43. The van der Waals surface area contributed by atoms with Crippen LogP contribution in [0.3, 0.4) is 0 Å². The second kappa shape index (κ2) is 6.25. The number of fused-ring (bicyclic) bond motifs is 1. The van der Waals surface area contributed by atoms with Crippen LogP contribution in [0, 0.1) is 0 Å². The van der Waals surface area contributed by atoms with Gasteiger partial charge in [-0.3, -0.25) is 0 Å². The van der Waals surface area contributed by atoms with Gasteiger partial charge in [0, 0.05) is 35.6 Å². The molecule has 6 nitrogen and oxygen atoms in total. The van der Waals surface area contributed by atoms with Crippen molar-refractivity contribution in [2.75, 3.05) is 11.1 Å². The molecule has 2 heterocycles. The SMILES string of the molecule is O=S(=O)(CCC(F)(F)F)NC1CC(Nc2ccnc3[nH]ccc23)C1. The molecule has 0 saturated heterocycles. The minimum absolute atomic E-state index is 0.0702. The molecule has 1 saturated carbocycles. The van der Waals surface area contributed by atoms with Crippen molar-refractivity contribution in [2.24, 2.45) is 0 Å². The van der Waals surface area contributed by atoms with Crippen LogP contribution in [0.2, 0.25) is 0 Å². The van der Waals surface area contributed by atoms with E-state index in [1.54, 1.807) is 12.4 Å². The first-order valence-electron chi connectivity index (χ1n) is 7.47. The zero-order valence-electron chi connectivity index (χ0n) is 12.6. The van der Waals surface area contributed by atoms with E-state index in [1.807, 2.05) is 12.1 Å². The lowest BCUT2D eigenvalue weighted by atomic mass is 9.87. The Hall–Kier alpha value is -1.81. The summed E-state index contributed by atoms with van der Waals surface area (Å²) in [5.41, 5.74) is 1.65. The summed E-state index contributed by atoms with van der Waals surface area (Å²) in [5.74, 6) is -0.931. The summed E-state index contributed by atoms with van der Waals surface area (Å²) in [7, 11) is -3.91. The van der Waals surface area contributed by atoms with Crippen molar-refractivity contribution >= 4 is 26.7 Å². The van der Waals surface area contributed by atoms with E-state index >= 15 is 0 Å². The van der Waals surface area contributed by atoms with E-state index in [4.69, 9.17) is 0 Å². The number of H-pyrrole nitrogens is 1. The van der Waals surface area contributed by atoms with Crippen molar-refractivity contribution < 1.29 is 21.6 Å². The molecule has 0 atom stereocenters. The fraction of sp³-hybridized carbons (Fsp3) is 0.500. The molecule has 3 N–H and O–H groups in total. The molecule has 3 rings (SSSR count). The molecule has 1 fully saturated rings. The highest BCUT2D eigenvalue weighted by molar-refractivity contribution is 7.89. The molecule has 10 heteroatoms. The van der Waals surface area contributed by atoms with Gasteiger partial charge in [-0.25, -0.2) is 18.1 Å². The van der Waals surface area contributed by atoms with Crippen LogP contribution in [0.5, 0.6) is 0 Å². The maximum atomic E-state index is 12.1. The van der Waals surface area contributed by atoms with Gasteiger partial charge in [-0.05, 0) is 25.0 Å². The summed E-state index contributed by atoms with van der Waals surface area (Å²) in [5, 5.41) is 4.24. The average molecular weight is 362 g/mol. The van der Waals surface area contributed by atoms with Gasteiger partial charge in [0.2, 0.25) is 10.0 Å². The van der Waals surface area contributed by atoms with Crippen molar-refractivity contribution in [2.45, 2.75) is 37.5 Å². The number of pyridine rings is 1. The van der Waals surface area contributed by atoms with E-state index in [0.717, 1.165) is 16.7 Å². The number of anilines is 1. The molecule has 24 heavy (non-hydrogen) atoms. The van der Waals surface area contributed by atoms with Gasteiger partial charge in [0.25, 0.3) is 0 Å². The van der Waals surface area contributed by atoms with Crippen molar-refractivity contribution in [3.63, 3.8) is 0 Å². The zero-order chi connectivity index (χ0) is 17.4. The first-order chi connectivity index (χ1) is 11.2. The summed E-state index contributed by atoms with van der Waals surface area (Å²) < 4.78 is 62.0. The molecule has 1 aliphatic carbocycles. The normalized spacial score (nSPS) is 21.6. The first-order valence-corrected chi connectivity index (χ1v) is 9.12. The molecule has 0 aliphatic heterocycles. The van der Waals surface area contributed by atoms with Crippen LogP contribution >= 0.6 is 0 Å². The summed E-state index contributed by atoms with van der Waals surface area (Å²) in [6.07, 6.45) is -1.31. The Morgan fingerprint density at radius 2 is 2.00 bits per heavy atom. The molecule has 0 radical (unpaired) electrons. The lowest BCUT2D eigenvalue weighted by Crippen LogP contribution is -2.50. The quantitative estimate of drug-likeness (QED) is 0.736. The summed E-state index contributed by atoms with van der Waals surface area (Å²) in [6.45, 7) is 0. The minimum Gasteiger partial charge on any atom is -0.382 e. The third-order valence-corrected chi connectivity index (χ3v) is 5.39. The van der Waals surface area contributed by atoms with Crippen molar-refractivity contribution in [3.8, 4) is 0 Å². The van der Waals surface area contributed by atoms with E-state index in [9.17, 15) is 21.6 Å². The molecule has 0 bridgehead atoms. The van der Waals surface area contributed by atoms with E-state index in [1.165, 1.54) is 0 Å². The molecule has 2 aromatic heterocycles. The largest absolute Gasteiger partial charge is 0.390 e. The molecular formula is C14H17F3N4O2S. The van der Waals surface area contributed by atoms with Crippen LogP contribution < -0.4 is 10.0 Å². The van der Waals surface area contributed by atoms with Crippen molar-refractivity contribution in [1.29, 1.82) is 0 Å². The Balaban J connectivity index is 1.50. The average Bonchev–Trinajstić information content (AvgIpc) is 2.91. The molecule has 132 valence electrons. The van der Waals surface area contributed by atoms with Gasteiger partial charge in [0.05, 0.1) is 12.2 Å². The Morgan fingerprint density at radius 1 is 1.25 bits per heavy atom. The van der Waals surface area contributed by atoms with E-state index in [-0.39, 0.29) is 12.1 Å². The molecule has 1 aliphatic rings. The van der Waals surface area contributed by atoms with E-state index in [2.05, 4.69) is 20.0 Å². The number of hydrogen-bond donors (Lipinski definition) is 3. The zero-order valence-corrected chi connectivity index (χ0v) is 13.4. The van der Waals surface area contributed by atoms with Crippen molar-refractivity contribution in [1.82, 2.24) is 14.7 Å². The molecular weight excluding hydrogens is 345 g/mol. The Bertz CT molecular complexity index is 813. The van der Waals surface area contributed by atoms with Gasteiger partial charge in [-0.1, -0.05) is 0 Å². The van der Waals surface area contributed by atoms with Crippen LogP contribution in [0.4, 0.5) is 18.9 Å². The van der Waals surface area contributed by atoms with Gasteiger partial charge in [0.15, 0.2) is 0 Å². The second-order valence-corrected chi connectivity index (χ2v) is 7.78. The topological polar surface area (TPSA) is 86.9 Å². The minimum atomic E-state index is -4.47. The highest BCUT2D eigenvalue weighted by Crippen LogP contribution is 2.28. The number of halogens is 3. The number of sulfonamides is 1. The number of nitrogens with zero attached hydrogens (tertiary/aromatic N) is 1. The van der Waals surface area contributed by atoms with E-state index in [0.29, 0.717) is 12.8 Å². The van der Waals surface area contributed by atoms with Gasteiger partial charge in [0.1, 0.15) is 5.65 Å². The van der Waals surface area contributed by atoms with Gasteiger partial charge >= 0.3 is 6.18 Å². The molecule has 0 amide bonds. The van der Waals surface area contributed by atoms with Crippen LogP contribution in [-0.2, 0) is 10.0 Å². The highest BCUT2D eigenvalue weighted by atomic mass is 32.2. The predicted molar refractivity (Wildman–Crippen MR) is 84.1 cm³/mol. The summed E-state index contributed by atoms with van der Waals surface area (Å²) in [4.78, 5) is 7.18. The first kappa shape index (κ1) is 17.0. The number of alkyl halides is 3. The molecule has 0 aromatic carbocycles. The van der Waals surface area contributed by atoms with Crippen LogP contribution in [0.25, 0.3) is 11.0 Å². The summed E-state index contributed by atoms with van der Waals surface area (Å²) >= 11 is 0. The number of aromatic nitrogens is 2. The Labute approximate surface area is 136 Å². The second-order valence-electron chi connectivity index (χ2n) is 5.91. The molecule has 0 unspecified atom stereocenters. The van der Waals surface area contributed by atoms with Gasteiger partial charge in [-0.2, -0.15) is 13.2 Å². The maximum Gasteiger partial charge on any atom is 0.390 e. The number of hydrogen-bond acceptors (Lipinski definition) is 4. The van der Waals surface area contributed by atoms with Crippen LogP contribution in [0.1, 0.15) is 19.3 Å². The summed E-state index contributed by atoms with van der Waals surface area (Å²) in [6, 6.07) is 3.46.